The predicted molar refractivity (Wildman–Crippen MR) is 120 cm³/mol. The van der Waals surface area contributed by atoms with E-state index in [1.165, 1.54) is 70.6 Å². The molecule has 0 saturated heterocycles. The van der Waals surface area contributed by atoms with Gasteiger partial charge in [0.05, 0.1) is 12.8 Å². The number of carboxylic acid groups (broad SMARTS) is 2. The summed E-state index contributed by atoms with van der Waals surface area (Å²) in [6.07, 6.45) is 15.6. The average molecular weight is 459 g/mol. The van der Waals surface area contributed by atoms with Crippen molar-refractivity contribution in [3.63, 3.8) is 0 Å². The summed E-state index contributed by atoms with van der Waals surface area (Å²) in [6, 6.07) is 0. The Bertz CT molecular complexity index is 560. The van der Waals surface area contributed by atoms with E-state index in [1.54, 1.807) is 0 Å². The summed E-state index contributed by atoms with van der Waals surface area (Å²) >= 11 is 0. The van der Waals surface area contributed by atoms with E-state index in [0.717, 1.165) is 19.3 Å². The number of rotatable bonds is 21. The van der Waals surface area contributed by atoms with Crippen LogP contribution in [0.25, 0.3) is 0 Å². The number of carbonyl (C=O) groups is 4. The summed E-state index contributed by atoms with van der Waals surface area (Å²) in [5, 5.41) is 27.3. The molecule has 0 aromatic heterocycles. The molecule has 32 heavy (non-hydrogen) atoms. The van der Waals surface area contributed by atoms with Gasteiger partial charge in [0.15, 0.2) is 5.60 Å². The van der Waals surface area contributed by atoms with Gasteiger partial charge in [-0.05, 0) is 6.42 Å². The lowest BCUT2D eigenvalue weighted by Gasteiger charge is -2.19. The van der Waals surface area contributed by atoms with Crippen molar-refractivity contribution in [3.05, 3.63) is 0 Å². The van der Waals surface area contributed by atoms with Gasteiger partial charge in [-0.25, -0.2) is 4.79 Å². The molecule has 0 bridgehead atoms. The molecule has 1 unspecified atom stereocenters. The largest absolute Gasteiger partial charge is 0.481 e. The molecular formula is C24H42O8. The molecular weight excluding hydrogens is 416 g/mol. The van der Waals surface area contributed by atoms with Crippen molar-refractivity contribution in [2.75, 3.05) is 0 Å². The van der Waals surface area contributed by atoms with Crippen molar-refractivity contribution in [3.8, 4) is 0 Å². The number of unbranched alkanes of at least 4 members (excludes halogenated alkanes) is 14. The molecule has 0 aliphatic heterocycles. The molecule has 0 radical (unpaired) electrons. The van der Waals surface area contributed by atoms with Crippen LogP contribution in [0.4, 0.5) is 0 Å². The number of carboxylic acids is 2. The second-order valence-electron chi connectivity index (χ2n) is 8.63. The van der Waals surface area contributed by atoms with E-state index in [4.69, 9.17) is 10.2 Å². The van der Waals surface area contributed by atoms with Crippen molar-refractivity contribution in [2.45, 2.75) is 128 Å². The maximum Gasteiger partial charge on any atom is 0.336 e. The number of ether oxygens (including phenoxy) is 1. The first-order valence-corrected chi connectivity index (χ1v) is 12.1. The Balaban J connectivity index is 3.66. The molecule has 0 saturated carbocycles. The molecule has 186 valence electrons. The van der Waals surface area contributed by atoms with Gasteiger partial charge in [0, 0.05) is 6.42 Å². The summed E-state index contributed by atoms with van der Waals surface area (Å²) in [6.45, 7) is 2.23. The first-order valence-electron chi connectivity index (χ1n) is 12.1. The van der Waals surface area contributed by atoms with Crippen LogP contribution >= 0.6 is 0 Å². The fourth-order valence-corrected chi connectivity index (χ4v) is 3.56. The van der Waals surface area contributed by atoms with E-state index < -0.39 is 42.3 Å². The van der Waals surface area contributed by atoms with Crippen molar-refractivity contribution < 1.29 is 39.2 Å². The standard InChI is InChI=1S/C24H42O8/c1-2-3-4-5-6-7-8-9-10-11-12-13-14-15-16-17-21(27)32-22(28)19-24(31,23(29)30)18-20(25)26/h31H,2-19H2,1H3,(H,25,26)(H,29,30). The minimum atomic E-state index is -2.79. The zero-order valence-electron chi connectivity index (χ0n) is 19.6. The Hall–Kier alpha value is -1.96. The quantitative estimate of drug-likeness (QED) is 0.124. The van der Waals surface area contributed by atoms with Crippen LogP contribution < -0.4 is 0 Å². The van der Waals surface area contributed by atoms with Gasteiger partial charge in [-0.2, -0.15) is 0 Å². The van der Waals surface area contributed by atoms with Crippen LogP contribution in [0.15, 0.2) is 0 Å². The second-order valence-corrected chi connectivity index (χ2v) is 8.63. The molecule has 8 heteroatoms. The summed E-state index contributed by atoms with van der Waals surface area (Å²) in [4.78, 5) is 45.0. The minimum Gasteiger partial charge on any atom is -0.481 e. The van der Waals surface area contributed by atoms with Crippen molar-refractivity contribution in [1.29, 1.82) is 0 Å². The molecule has 0 aromatic carbocycles. The van der Waals surface area contributed by atoms with Gasteiger partial charge in [0.2, 0.25) is 0 Å². The van der Waals surface area contributed by atoms with Crippen molar-refractivity contribution >= 4 is 23.9 Å². The van der Waals surface area contributed by atoms with Gasteiger partial charge in [-0.3, -0.25) is 14.4 Å². The molecule has 0 spiro atoms. The fraction of sp³-hybridized carbons (Fsp3) is 0.833. The molecule has 1 atom stereocenters. The third kappa shape index (κ3) is 16.7. The average Bonchev–Trinajstić information content (AvgIpc) is 2.69. The van der Waals surface area contributed by atoms with Crippen LogP contribution in [0, 0.1) is 0 Å². The molecule has 0 aliphatic carbocycles. The lowest BCUT2D eigenvalue weighted by molar-refractivity contribution is -0.174. The number of aliphatic hydroxyl groups is 1. The highest BCUT2D eigenvalue weighted by Gasteiger charge is 2.41. The summed E-state index contributed by atoms with van der Waals surface area (Å²) in [5.41, 5.74) is -2.79. The fourth-order valence-electron chi connectivity index (χ4n) is 3.56. The van der Waals surface area contributed by atoms with Gasteiger partial charge in [0.25, 0.3) is 0 Å². The van der Waals surface area contributed by atoms with Crippen LogP contribution in [0.5, 0.6) is 0 Å². The Morgan fingerprint density at radius 3 is 1.41 bits per heavy atom. The van der Waals surface area contributed by atoms with Gasteiger partial charge in [-0.15, -0.1) is 0 Å². The highest BCUT2D eigenvalue weighted by Crippen LogP contribution is 2.18. The first-order chi connectivity index (χ1) is 15.2. The number of esters is 2. The van der Waals surface area contributed by atoms with Gasteiger partial charge in [-0.1, -0.05) is 96.8 Å². The van der Waals surface area contributed by atoms with E-state index in [2.05, 4.69) is 11.7 Å². The Morgan fingerprint density at radius 2 is 1.03 bits per heavy atom. The van der Waals surface area contributed by atoms with Crippen molar-refractivity contribution in [1.82, 2.24) is 0 Å². The van der Waals surface area contributed by atoms with E-state index in [9.17, 15) is 24.3 Å². The first kappa shape index (κ1) is 30.0. The number of aliphatic carboxylic acids is 2. The van der Waals surface area contributed by atoms with Crippen LogP contribution in [0.2, 0.25) is 0 Å². The normalized spacial score (nSPS) is 12.8. The summed E-state index contributed by atoms with van der Waals surface area (Å²) in [5.74, 6) is -5.48. The topological polar surface area (TPSA) is 138 Å². The Morgan fingerprint density at radius 1 is 0.625 bits per heavy atom. The van der Waals surface area contributed by atoms with E-state index in [0.29, 0.717) is 6.42 Å². The van der Waals surface area contributed by atoms with Crippen LogP contribution in [0.3, 0.4) is 0 Å². The molecule has 0 fully saturated rings. The highest BCUT2D eigenvalue weighted by atomic mass is 16.6. The van der Waals surface area contributed by atoms with Crippen LogP contribution in [0.1, 0.15) is 122 Å². The SMILES string of the molecule is CCCCCCCCCCCCCCCCCC(=O)OC(=O)CC(O)(CC(=O)O)C(=O)O. The minimum absolute atomic E-state index is 0.0222. The van der Waals surface area contributed by atoms with Gasteiger partial charge in [0.1, 0.15) is 0 Å². The monoisotopic (exact) mass is 458 g/mol. The molecule has 0 rings (SSSR count). The third-order valence-electron chi connectivity index (χ3n) is 5.49. The number of hydrogen-bond acceptors (Lipinski definition) is 6. The maximum absolute atomic E-state index is 11.7. The number of carbonyl (C=O) groups excluding carboxylic acids is 2. The van der Waals surface area contributed by atoms with E-state index >= 15 is 0 Å². The molecule has 0 aromatic rings. The lowest BCUT2D eigenvalue weighted by Crippen LogP contribution is -2.43. The Labute approximate surface area is 191 Å². The zero-order chi connectivity index (χ0) is 24.2. The second kappa shape index (κ2) is 18.6. The molecule has 0 amide bonds. The Kier molecular flexibility index (Phi) is 17.5. The summed E-state index contributed by atoms with van der Waals surface area (Å²) in [7, 11) is 0. The van der Waals surface area contributed by atoms with Crippen LogP contribution in [-0.2, 0) is 23.9 Å². The summed E-state index contributed by atoms with van der Waals surface area (Å²) < 4.78 is 4.50. The van der Waals surface area contributed by atoms with Crippen LogP contribution in [-0.4, -0.2) is 44.8 Å². The van der Waals surface area contributed by atoms with Gasteiger partial charge >= 0.3 is 23.9 Å². The highest BCUT2D eigenvalue weighted by molar-refractivity contribution is 5.92. The van der Waals surface area contributed by atoms with Crippen molar-refractivity contribution in [2.24, 2.45) is 0 Å². The van der Waals surface area contributed by atoms with E-state index in [-0.39, 0.29) is 6.42 Å². The molecule has 8 nitrogen and oxygen atoms in total. The smallest absolute Gasteiger partial charge is 0.336 e. The molecule has 0 aliphatic rings. The molecule has 0 heterocycles. The zero-order valence-corrected chi connectivity index (χ0v) is 19.6. The van der Waals surface area contributed by atoms with E-state index in [1.807, 2.05) is 0 Å². The number of hydrogen-bond donors (Lipinski definition) is 3. The maximum atomic E-state index is 11.7. The molecule has 3 N–H and O–H groups in total. The lowest BCUT2D eigenvalue weighted by atomic mass is 9.96. The predicted octanol–water partition coefficient (Wildman–Crippen LogP) is 5.00. The van der Waals surface area contributed by atoms with Gasteiger partial charge < -0.3 is 20.1 Å². The third-order valence-corrected chi connectivity index (χ3v) is 5.49.